The third-order valence-corrected chi connectivity index (χ3v) is 4.09. The molecule has 0 radical (unpaired) electrons. The van der Waals surface area contributed by atoms with E-state index in [-0.39, 0.29) is 23.9 Å². The first-order chi connectivity index (χ1) is 7.99. The molecule has 4 nitrogen and oxygen atoms in total. The van der Waals surface area contributed by atoms with Crippen LogP contribution in [-0.4, -0.2) is 23.9 Å². The summed E-state index contributed by atoms with van der Waals surface area (Å²) in [7, 11) is 1.96. The van der Waals surface area contributed by atoms with E-state index in [1.165, 1.54) is 4.88 Å². The van der Waals surface area contributed by atoms with Crippen LogP contribution in [0.25, 0.3) is 0 Å². The number of rotatable bonds is 5. The van der Waals surface area contributed by atoms with Gasteiger partial charge in [0.1, 0.15) is 0 Å². The molecule has 0 saturated heterocycles. The molecule has 1 aromatic heterocycles. The zero-order valence-electron chi connectivity index (χ0n) is 10.8. The van der Waals surface area contributed by atoms with Crippen LogP contribution in [0.1, 0.15) is 31.7 Å². The molecular formula is C12H21N3OS. The van der Waals surface area contributed by atoms with Crippen LogP contribution in [0.3, 0.4) is 0 Å². The van der Waals surface area contributed by atoms with Gasteiger partial charge < -0.3 is 0 Å². The lowest BCUT2D eigenvalue weighted by Gasteiger charge is -2.33. The summed E-state index contributed by atoms with van der Waals surface area (Å²) < 4.78 is 0. The van der Waals surface area contributed by atoms with Gasteiger partial charge in [-0.25, -0.2) is 5.84 Å². The third kappa shape index (κ3) is 3.28. The van der Waals surface area contributed by atoms with Crippen LogP contribution in [0.5, 0.6) is 0 Å². The summed E-state index contributed by atoms with van der Waals surface area (Å²) in [6.07, 6.45) is 0. The zero-order valence-corrected chi connectivity index (χ0v) is 11.6. The first kappa shape index (κ1) is 14.2. The monoisotopic (exact) mass is 255 g/mol. The zero-order chi connectivity index (χ0) is 13.0. The molecule has 1 rings (SSSR count). The van der Waals surface area contributed by atoms with Gasteiger partial charge in [-0.3, -0.25) is 15.1 Å². The lowest BCUT2D eigenvalue weighted by molar-refractivity contribution is -0.128. The largest absolute Gasteiger partial charge is 0.293 e. The number of thiophene rings is 1. The standard InChI is InChI=1S/C12H21N3OS/c1-8(2)11(12(16)14-13)15(4)9(3)10-6-5-7-17-10/h5-9,11H,13H2,1-4H3,(H,14,16). The number of nitrogens with two attached hydrogens (primary N) is 1. The molecule has 1 amide bonds. The molecular weight excluding hydrogens is 234 g/mol. The topological polar surface area (TPSA) is 58.4 Å². The minimum atomic E-state index is -0.211. The van der Waals surface area contributed by atoms with Crippen molar-refractivity contribution in [1.82, 2.24) is 10.3 Å². The Balaban J connectivity index is 2.84. The van der Waals surface area contributed by atoms with Crippen molar-refractivity contribution < 1.29 is 4.79 Å². The summed E-state index contributed by atoms with van der Waals surface area (Å²) in [4.78, 5) is 15.1. The SMILES string of the molecule is CC(C)C(C(=O)NN)N(C)C(C)c1cccs1. The second-order valence-electron chi connectivity index (χ2n) is 4.55. The fourth-order valence-corrected chi connectivity index (χ4v) is 2.85. The van der Waals surface area contributed by atoms with E-state index in [2.05, 4.69) is 23.3 Å². The van der Waals surface area contributed by atoms with Gasteiger partial charge in [-0.05, 0) is 31.3 Å². The van der Waals surface area contributed by atoms with E-state index in [1.807, 2.05) is 32.3 Å². The minimum absolute atomic E-state index is 0.133. The number of nitrogens with zero attached hydrogens (tertiary/aromatic N) is 1. The highest BCUT2D eigenvalue weighted by molar-refractivity contribution is 7.10. The number of nitrogens with one attached hydrogen (secondary N) is 1. The average Bonchev–Trinajstić information content (AvgIpc) is 2.80. The van der Waals surface area contributed by atoms with Gasteiger partial charge in [0.25, 0.3) is 5.91 Å². The van der Waals surface area contributed by atoms with E-state index in [1.54, 1.807) is 11.3 Å². The van der Waals surface area contributed by atoms with Crippen LogP contribution in [0.4, 0.5) is 0 Å². The molecule has 0 aliphatic carbocycles. The maximum atomic E-state index is 11.8. The number of hydrogen-bond donors (Lipinski definition) is 2. The highest BCUT2D eigenvalue weighted by Crippen LogP contribution is 2.26. The Morgan fingerprint density at radius 1 is 1.47 bits per heavy atom. The molecule has 2 atom stereocenters. The summed E-state index contributed by atoms with van der Waals surface area (Å²) in [6.45, 7) is 6.15. The van der Waals surface area contributed by atoms with Crippen molar-refractivity contribution in [3.63, 3.8) is 0 Å². The van der Waals surface area contributed by atoms with Crippen molar-refractivity contribution in [3.8, 4) is 0 Å². The molecule has 2 unspecified atom stereocenters. The lowest BCUT2D eigenvalue weighted by atomic mass is 10.0. The summed E-state index contributed by atoms with van der Waals surface area (Å²) in [5.74, 6) is 5.32. The molecule has 5 heteroatoms. The van der Waals surface area contributed by atoms with Gasteiger partial charge in [0.05, 0.1) is 6.04 Å². The van der Waals surface area contributed by atoms with Crippen molar-refractivity contribution in [2.24, 2.45) is 11.8 Å². The maximum Gasteiger partial charge on any atom is 0.251 e. The second-order valence-corrected chi connectivity index (χ2v) is 5.53. The van der Waals surface area contributed by atoms with Crippen molar-refractivity contribution in [3.05, 3.63) is 22.4 Å². The van der Waals surface area contributed by atoms with Crippen LogP contribution in [0.2, 0.25) is 0 Å². The van der Waals surface area contributed by atoms with Crippen molar-refractivity contribution in [2.45, 2.75) is 32.9 Å². The molecule has 0 bridgehead atoms. The summed E-state index contributed by atoms with van der Waals surface area (Å²) in [5.41, 5.74) is 2.25. The first-order valence-corrected chi connectivity index (χ1v) is 6.62. The van der Waals surface area contributed by atoms with Crippen LogP contribution in [0, 0.1) is 5.92 Å². The number of carbonyl (C=O) groups is 1. The smallest absolute Gasteiger partial charge is 0.251 e. The Morgan fingerprint density at radius 2 is 2.12 bits per heavy atom. The molecule has 0 aliphatic heterocycles. The highest BCUT2D eigenvalue weighted by atomic mass is 32.1. The maximum absolute atomic E-state index is 11.8. The summed E-state index contributed by atoms with van der Waals surface area (Å²) >= 11 is 1.70. The van der Waals surface area contributed by atoms with E-state index >= 15 is 0 Å². The Kier molecular flexibility index (Phi) is 5.11. The summed E-state index contributed by atoms with van der Waals surface area (Å²) in [6, 6.07) is 4.11. The van der Waals surface area contributed by atoms with Crippen molar-refractivity contribution in [2.75, 3.05) is 7.05 Å². The van der Waals surface area contributed by atoms with E-state index in [4.69, 9.17) is 5.84 Å². The Hall–Kier alpha value is -0.910. The van der Waals surface area contributed by atoms with Crippen molar-refractivity contribution >= 4 is 17.2 Å². The van der Waals surface area contributed by atoms with Gasteiger partial charge in [-0.1, -0.05) is 19.9 Å². The Bertz CT molecular complexity index is 351. The third-order valence-electron chi connectivity index (χ3n) is 3.05. The van der Waals surface area contributed by atoms with E-state index in [0.717, 1.165) is 0 Å². The Labute approximate surface area is 107 Å². The molecule has 0 aliphatic rings. The van der Waals surface area contributed by atoms with Crippen LogP contribution >= 0.6 is 11.3 Å². The minimum Gasteiger partial charge on any atom is -0.293 e. The molecule has 0 aromatic carbocycles. The summed E-state index contributed by atoms with van der Waals surface area (Å²) in [5, 5.41) is 2.05. The molecule has 1 heterocycles. The van der Waals surface area contributed by atoms with Gasteiger partial charge >= 0.3 is 0 Å². The number of likely N-dealkylation sites (N-methyl/N-ethyl adjacent to an activating group) is 1. The van der Waals surface area contributed by atoms with Crippen molar-refractivity contribution in [1.29, 1.82) is 0 Å². The molecule has 0 saturated carbocycles. The predicted molar refractivity (Wildman–Crippen MR) is 71.5 cm³/mol. The van der Waals surface area contributed by atoms with Crippen LogP contribution in [0.15, 0.2) is 17.5 Å². The fraction of sp³-hybridized carbons (Fsp3) is 0.583. The molecule has 17 heavy (non-hydrogen) atoms. The van der Waals surface area contributed by atoms with Gasteiger partial charge in [0, 0.05) is 10.9 Å². The molecule has 96 valence electrons. The van der Waals surface area contributed by atoms with Crippen LogP contribution in [-0.2, 0) is 4.79 Å². The lowest BCUT2D eigenvalue weighted by Crippen LogP contribution is -2.50. The highest BCUT2D eigenvalue weighted by Gasteiger charge is 2.29. The first-order valence-electron chi connectivity index (χ1n) is 5.74. The van der Waals surface area contributed by atoms with Gasteiger partial charge in [0.15, 0.2) is 0 Å². The molecule has 3 N–H and O–H groups in total. The van der Waals surface area contributed by atoms with E-state index < -0.39 is 0 Å². The molecule has 0 fully saturated rings. The van der Waals surface area contributed by atoms with Gasteiger partial charge in [0.2, 0.25) is 0 Å². The molecule has 1 aromatic rings. The fourth-order valence-electron chi connectivity index (χ4n) is 2.01. The number of hydrazine groups is 1. The Morgan fingerprint density at radius 3 is 2.53 bits per heavy atom. The van der Waals surface area contributed by atoms with E-state index in [0.29, 0.717) is 0 Å². The predicted octanol–water partition coefficient (Wildman–Crippen LogP) is 1.76. The number of carbonyl (C=O) groups excluding carboxylic acids is 1. The van der Waals surface area contributed by atoms with Gasteiger partial charge in [-0.2, -0.15) is 0 Å². The van der Waals surface area contributed by atoms with E-state index in [9.17, 15) is 4.79 Å². The van der Waals surface area contributed by atoms with Crippen LogP contribution < -0.4 is 11.3 Å². The normalized spacial score (nSPS) is 15.0. The molecule has 0 spiro atoms. The van der Waals surface area contributed by atoms with Gasteiger partial charge in [-0.15, -0.1) is 11.3 Å². The number of hydrogen-bond acceptors (Lipinski definition) is 4. The quantitative estimate of drug-likeness (QED) is 0.479. The second kappa shape index (κ2) is 6.14. The average molecular weight is 255 g/mol. The number of amides is 1.